The van der Waals surface area contributed by atoms with Gasteiger partial charge < -0.3 is 0 Å². The van der Waals surface area contributed by atoms with E-state index in [9.17, 15) is 0 Å². The van der Waals surface area contributed by atoms with Crippen LogP contribution in [0.2, 0.25) is 0 Å². The summed E-state index contributed by atoms with van der Waals surface area (Å²) in [5.41, 5.74) is 12.2. The number of hydrogen-bond acceptors (Lipinski definition) is 1. The number of hydrogen-bond donors (Lipinski definition) is 0. The minimum Gasteiger partial charge on any atom is -0.257 e. The van der Waals surface area contributed by atoms with Crippen LogP contribution in [-0.2, 0) is 19.3 Å². The summed E-state index contributed by atoms with van der Waals surface area (Å²) >= 11 is 0. The number of pyridine rings is 1. The van der Waals surface area contributed by atoms with Gasteiger partial charge in [0.05, 0.1) is 5.69 Å². The maximum atomic E-state index is 5.07. The molecule has 0 bridgehead atoms. The Hall–Kier alpha value is -2.41. The first-order valence-electron chi connectivity index (χ1n) is 8.93. The average Bonchev–Trinajstić information content (AvgIpc) is 2.98. The number of aromatic nitrogens is 1. The van der Waals surface area contributed by atoms with Crippen LogP contribution in [0.1, 0.15) is 41.9 Å². The van der Waals surface area contributed by atoms with E-state index in [-0.39, 0.29) is 0 Å². The van der Waals surface area contributed by atoms with Crippen LogP contribution in [0.15, 0.2) is 48.5 Å². The van der Waals surface area contributed by atoms with Crippen molar-refractivity contribution < 1.29 is 0 Å². The van der Waals surface area contributed by atoms with Crippen molar-refractivity contribution in [3.05, 3.63) is 76.6 Å². The Kier molecular flexibility index (Phi) is 3.72. The summed E-state index contributed by atoms with van der Waals surface area (Å²) in [5.74, 6) is 0. The summed E-state index contributed by atoms with van der Waals surface area (Å²) in [5, 5.41) is 0. The third kappa shape index (κ3) is 2.19. The predicted molar refractivity (Wildman–Crippen MR) is 101 cm³/mol. The van der Waals surface area contributed by atoms with Crippen LogP contribution in [-0.4, -0.2) is 4.98 Å². The molecule has 120 valence electrons. The molecule has 0 spiro atoms. The summed E-state index contributed by atoms with van der Waals surface area (Å²) in [7, 11) is 0. The van der Waals surface area contributed by atoms with Crippen LogP contribution >= 0.6 is 0 Å². The molecule has 1 heterocycles. The number of fused-ring (bicyclic) bond motifs is 3. The summed E-state index contributed by atoms with van der Waals surface area (Å²) in [4.78, 5) is 5.07. The summed E-state index contributed by atoms with van der Waals surface area (Å²) in [6.45, 7) is 6.69. The van der Waals surface area contributed by atoms with E-state index in [0.717, 1.165) is 19.3 Å². The Labute approximate surface area is 144 Å². The molecular weight excluding hydrogens is 290 g/mol. The van der Waals surface area contributed by atoms with Crippen molar-refractivity contribution in [2.45, 2.75) is 40.0 Å². The van der Waals surface area contributed by atoms with Crippen molar-refractivity contribution in [1.29, 1.82) is 0 Å². The highest BCUT2D eigenvalue weighted by atomic mass is 14.7. The highest BCUT2D eigenvalue weighted by molar-refractivity contribution is 5.92. The van der Waals surface area contributed by atoms with Gasteiger partial charge in [-0.25, -0.2) is 0 Å². The molecule has 0 unspecified atom stereocenters. The molecule has 0 radical (unpaired) electrons. The van der Waals surface area contributed by atoms with Gasteiger partial charge in [0, 0.05) is 17.7 Å². The molecule has 1 aliphatic rings. The normalized spacial score (nSPS) is 12.1. The maximum Gasteiger partial charge on any atom is 0.0535 e. The highest BCUT2D eigenvalue weighted by Crippen LogP contribution is 2.45. The third-order valence-electron chi connectivity index (χ3n) is 5.21. The fourth-order valence-corrected chi connectivity index (χ4v) is 4.07. The summed E-state index contributed by atoms with van der Waals surface area (Å²) < 4.78 is 0. The Morgan fingerprint density at radius 1 is 0.833 bits per heavy atom. The Balaban J connectivity index is 2.12. The average molecular weight is 313 g/mol. The molecule has 1 aliphatic carbocycles. The molecule has 0 saturated carbocycles. The van der Waals surface area contributed by atoms with E-state index in [1.54, 1.807) is 0 Å². The van der Waals surface area contributed by atoms with Crippen LogP contribution in [0, 0.1) is 6.92 Å². The molecule has 1 aromatic heterocycles. The van der Waals surface area contributed by atoms with Gasteiger partial charge in [-0.2, -0.15) is 0 Å². The predicted octanol–water partition coefficient (Wildman–Crippen LogP) is 5.75. The lowest BCUT2D eigenvalue weighted by atomic mass is 9.87. The molecule has 24 heavy (non-hydrogen) atoms. The highest BCUT2D eigenvalue weighted by Gasteiger charge is 2.27. The van der Waals surface area contributed by atoms with Crippen molar-refractivity contribution in [2.75, 3.05) is 0 Å². The van der Waals surface area contributed by atoms with Crippen LogP contribution in [0.4, 0.5) is 0 Å². The van der Waals surface area contributed by atoms with E-state index < -0.39 is 0 Å². The first-order chi connectivity index (χ1) is 11.7. The Morgan fingerprint density at radius 2 is 1.54 bits per heavy atom. The first-order valence-corrected chi connectivity index (χ1v) is 8.93. The van der Waals surface area contributed by atoms with Crippen molar-refractivity contribution >= 4 is 0 Å². The van der Waals surface area contributed by atoms with Gasteiger partial charge in [-0.15, -0.1) is 0 Å². The molecule has 0 atom stereocenters. The lowest BCUT2D eigenvalue weighted by Crippen LogP contribution is -2.04. The summed E-state index contributed by atoms with van der Waals surface area (Å²) in [6, 6.07) is 17.6. The largest absolute Gasteiger partial charge is 0.257 e. The van der Waals surface area contributed by atoms with Gasteiger partial charge >= 0.3 is 0 Å². The molecule has 0 aliphatic heterocycles. The Bertz CT molecular complexity index is 921. The van der Waals surface area contributed by atoms with Gasteiger partial charge in [0.25, 0.3) is 0 Å². The van der Waals surface area contributed by atoms with E-state index in [1.807, 2.05) is 0 Å². The lowest BCUT2D eigenvalue weighted by Gasteiger charge is -2.19. The first kappa shape index (κ1) is 15.1. The molecule has 0 N–H and O–H groups in total. The molecule has 0 fully saturated rings. The van der Waals surface area contributed by atoms with Gasteiger partial charge in [0.2, 0.25) is 0 Å². The van der Waals surface area contributed by atoms with Gasteiger partial charge in [0.1, 0.15) is 0 Å². The second-order valence-corrected chi connectivity index (χ2v) is 6.59. The summed E-state index contributed by atoms with van der Waals surface area (Å²) in [6.07, 6.45) is 2.97. The fraction of sp³-hybridized carbons (Fsp3) is 0.261. The fourth-order valence-electron chi connectivity index (χ4n) is 4.07. The molecule has 3 aromatic rings. The standard InChI is InChI=1S/C23H23N/c1-4-17-20(5-2)24-21-14-16-11-7-9-13-19(16)23(21)22(17)18-12-8-6-10-15(18)3/h6-13H,4-5,14H2,1-3H3. The van der Waals surface area contributed by atoms with Crippen molar-refractivity contribution in [3.8, 4) is 22.3 Å². The Morgan fingerprint density at radius 3 is 2.25 bits per heavy atom. The number of rotatable bonds is 3. The van der Waals surface area contributed by atoms with Crippen LogP contribution in [0.3, 0.4) is 0 Å². The van der Waals surface area contributed by atoms with Gasteiger partial charge in [0.15, 0.2) is 0 Å². The van der Waals surface area contributed by atoms with E-state index >= 15 is 0 Å². The molecule has 0 amide bonds. The third-order valence-corrected chi connectivity index (χ3v) is 5.21. The molecule has 1 nitrogen and oxygen atoms in total. The van der Waals surface area contributed by atoms with Gasteiger partial charge in [-0.1, -0.05) is 62.4 Å². The van der Waals surface area contributed by atoms with Crippen molar-refractivity contribution in [1.82, 2.24) is 4.98 Å². The quantitative estimate of drug-likeness (QED) is 0.469. The van der Waals surface area contributed by atoms with Crippen LogP contribution in [0.5, 0.6) is 0 Å². The maximum absolute atomic E-state index is 5.07. The minimum absolute atomic E-state index is 0.960. The molecule has 0 saturated heterocycles. The molecule has 4 rings (SSSR count). The zero-order chi connectivity index (χ0) is 16.7. The smallest absolute Gasteiger partial charge is 0.0535 e. The second kappa shape index (κ2) is 5.90. The monoisotopic (exact) mass is 313 g/mol. The van der Waals surface area contributed by atoms with E-state index in [2.05, 4.69) is 69.3 Å². The molecular formula is C23H23N. The number of benzene rings is 2. The molecule has 2 aromatic carbocycles. The van der Waals surface area contributed by atoms with Crippen LogP contribution < -0.4 is 0 Å². The topological polar surface area (TPSA) is 12.9 Å². The van der Waals surface area contributed by atoms with Crippen LogP contribution in [0.25, 0.3) is 22.3 Å². The van der Waals surface area contributed by atoms with Gasteiger partial charge in [-0.3, -0.25) is 4.98 Å². The zero-order valence-corrected chi connectivity index (χ0v) is 14.7. The SMILES string of the molecule is CCc1nc2c(c(-c3ccccc3C)c1CC)-c1ccccc1C2. The van der Waals surface area contributed by atoms with Crippen molar-refractivity contribution in [3.63, 3.8) is 0 Å². The lowest BCUT2D eigenvalue weighted by molar-refractivity contribution is 0.939. The van der Waals surface area contributed by atoms with E-state index in [1.165, 1.54) is 50.3 Å². The zero-order valence-electron chi connectivity index (χ0n) is 14.7. The van der Waals surface area contributed by atoms with Gasteiger partial charge in [-0.05, 0) is 53.1 Å². The van der Waals surface area contributed by atoms with Crippen molar-refractivity contribution in [2.24, 2.45) is 0 Å². The number of nitrogens with zero attached hydrogens (tertiary/aromatic N) is 1. The minimum atomic E-state index is 0.960. The van der Waals surface area contributed by atoms with E-state index in [4.69, 9.17) is 4.98 Å². The van der Waals surface area contributed by atoms with E-state index in [0.29, 0.717) is 0 Å². The second-order valence-electron chi connectivity index (χ2n) is 6.59. The molecule has 1 heteroatoms. The number of aryl methyl sites for hydroxylation is 2.